The van der Waals surface area contributed by atoms with E-state index in [9.17, 15) is 4.79 Å². The first-order valence-electron chi connectivity index (χ1n) is 11.2. The minimum atomic E-state index is -0.0617. The first kappa shape index (κ1) is 15.6. The quantitative estimate of drug-likeness (QED) is 0.894. The van der Waals surface area contributed by atoms with Crippen LogP contribution in [-0.2, 0) is 10.2 Å². The molecule has 1 amide bonds. The maximum absolute atomic E-state index is 13.7. The van der Waals surface area contributed by atoms with Crippen molar-refractivity contribution in [3.05, 3.63) is 35.4 Å². The van der Waals surface area contributed by atoms with Crippen molar-refractivity contribution in [2.24, 2.45) is 23.2 Å². The normalized spacial score (nSPS) is 51.0. The molecular weight excluding hydrogens is 332 g/mol. The summed E-state index contributed by atoms with van der Waals surface area (Å²) < 4.78 is 0. The smallest absolute Gasteiger partial charge is 0.226 e. The van der Waals surface area contributed by atoms with Gasteiger partial charge in [-0.25, -0.2) is 0 Å². The van der Waals surface area contributed by atoms with Gasteiger partial charge in [-0.15, -0.1) is 0 Å². The van der Waals surface area contributed by atoms with Gasteiger partial charge in [0, 0.05) is 12.1 Å². The van der Waals surface area contributed by atoms with E-state index in [0.717, 1.165) is 31.2 Å². The molecule has 1 aromatic carbocycles. The summed E-state index contributed by atoms with van der Waals surface area (Å²) in [6.45, 7) is 4.54. The molecule has 2 saturated heterocycles. The third kappa shape index (κ3) is 1.72. The third-order valence-corrected chi connectivity index (χ3v) is 9.91. The van der Waals surface area contributed by atoms with Crippen LogP contribution in [0.15, 0.2) is 24.3 Å². The Morgan fingerprint density at radius 2 is 1.96 bits per heavy atom. The van der Waals surface area contributed by atoms with Gasteiger partial charge in [0.15, 0.2) is 0 Å². The second kappa shape index (κ2) is 4.62. The summed E-state index contributed by atoms with van der Waals surface area (Å²) in [4.78, 5) is 16.3. The summed E-state index contributed by atoms with van der Waals surface area (Å²) in [6, 6.07) is 9.67. The van der Waals surface area contributed by atoms with E-state index < -0.39 is 0 Å². The van der Waals surface area contributed by atoms with Gasteiger partial charge in [-0.2, -0.15) is 0 Å². The molecule has 1 N–H and O–H groups in total. The van der Waals surface area contributed by atoms with Crippen molar-refractivity contribution in [1.82, 2.24) is 10.2 Å². The van der Waals surface area contributed by atoms with E-state index in [1.54, 1.807) is 0 Å². The molecule has 2 heterocycles. The predicted octanol–water partition coefficient (Wildman–Crippen LogP) is 3.41. The number of hydrogen-bond donors (Lipinski definition) is 1. The Morgan fingerprint density at radius 1 is 1.11 bits per heavy atom. The summed E-state index contributed by atoms with van der Waals surface area (Å²) in [5, 5.41) is 3.61. The van der Waals surface area contributed by atoms with Crippen LogP contribution in [0.25, 0.3) is 0 Å². The Kier molecular flexibility index (Phi) is 2.66. The van der Waals surface area contributed by atoms with Crippen molar-refractivity contribution < 1.29 is 4.79 Å². The summed E-state index contributed by atoms with van der Waals surface area (Å²) >= 11 is 0. The lowest BCUT2D eigenvalue weighted by Gasteiger charge is -2.49. The molecule has 7 aliphatic rings. The molecule has 7 atom stereocenters. The topological polar surface area (TPSA) is 32.3 Å². The zero-order valence-corrected chi connectivity index (χ0v) is 16.3. The number of nitrogens with one attached hydrogen (secondary N) is 1. The molecule has 4 bridgehead atoms. The molecule has 0 aromatic heterocycles. The number of hydrogen-bond acceptors (Lipinski definition) is 2. The Bertz CT molecular complexity index is 848. The number of rotatable bonds is 3. The number of amides is 1. The summed E-state index contributed by atoms with van der Waals surface area (Å²) in [5.74, 6) is 2.69. The summed E-state index contributed by atoms with van der Waals surface area (Å²) in [5.41, 5.74) is 3.45. The first-order chi connectivity index (χ1) is 13.0. The van der Waals surface area contributed by atoms with Crippen LogP contribution >= 0.6 is 0 Å². The van der Waals surface area contributed by atoms with E-state index in [2.05, 4.69) is 41.4 Å². The number of aryl methyl sites for hydroxylation is 1. The van der Waals surface area contributed by atoms with E-state index in [-0.39, 0.29) is 10.8 Å². The van der Waals surface area contributed by atoms with Crippen molar-refractivity contribution >= 4 is 5.91 Å². The standard InChI is InChI=1S/C24H30N2O/c1-15-2-4-17(5-3-15)22-9-16-8-19(11-22)23(10-16,14-22)21(27)25-20-13-26-7-6-18-12-24(18,20)26/h2-5,16,18-20H,6-14H2,1H3,(H,25,27). The van der Waals surface area contributed by atoms with Gasteiger partial charge in [0.2, 0.25) is 5.91 Å². The van der Waals surface area contributed by atoms with Gasteiger partial charge in [0.05, 0.1) is 11.5 Å². The predicted molar refractivity (Wildman–Crippen MR) is 104 cm³/mol. The first-order valence-corrected chi connectivity index (χ1v) is 11.2. The summed E-state index contributed by atoms with van der Waals surface area (Å²) in [7, 11) is 0. The van der Waals surface area contributed by atoms with Crippen LogP contribution in [0, 0.1) is 30.1 Å². The molecule has 1 aromatic rings. The second-order valence-corrected chi connectivity index (χ2v) is 11.0. The fourth-order valence-electron chi connectivity index (χ4n) is 8.74. The maximum Gasteiger partial charge on any atom is 0.226 e. The Hall–Kier alpha value is -1.35. The molecule has 1 spiro atoms. The SMILES string of the molecule is Cc1ccc(C23CC4CC(C2)C(C(=O)NC2CN5CCC6CC625)(C4)C3)cc1. The average molecular weight is 363 g/mol. The number of benzene rings is 1. The molecule has 7 fully saturated rings. The lowest BCUT2D eigenvalue weighted by Crippen LogP contribution is -2.69. The fourth-order valence-corrected chi connectivity index (χ4v) is 8.74. The molecule has 3 heteroatoms. The molecule has 3 nitrogen and oxygen atoms in total. The fraction of sp³-hybridized carbons (Fsp3) is 0.708. The minimum absolute atomic E-state index is 0.0617. The molecule has 5 saturated carbocycles. The zero-order chi connectivity index (χ0) is 18.0. The van der Waals surface area contributed by atoms with Crippen LogP contribution in [0.3, 0.4) is 0 Å². The van der Waals surface area contributed by atoms with Crippen molar-refractivity contribution in [1.29, 1.82) is 0 Å². The van der Waals surface area contributed by atoms with Crippen molar-refractivity contribution in [3.63, 3.8) is 0 Å². The lowest BCUT2D eigenvalue weighted by molar-refractivity contribution is -0.136. The van der Waals surface area contributed by atoms with Gasteiger partial charge in [-0.3, -0.25) is 9.69 Å². The van der Waals surface area contributed by atoms with Crippen LogP contribution in [0.5, 0.6) is 0 Å². The number of carbonyl (C=O) groups is 1. The zero-order valence-electron chi connectivity index (χ0n) is 16.3. The van der Waals surface area contributed by atoms with E-state index in [4.69, 9.17) is 0 Å². The Labute approximate surface area is 161 Å². The Morgan fingerprint density at radius 3 is 2.74 bits per heavy atom. The van der Waals surface area contributed by atoms with Gasteiger partial charge in [-0.1, -0.05) is 29.8 Å². The highest BCUT2D eigenvalue weighted by Gasteiger charge is 2.73. The highest BCUT2D eigenvalue weighted by molar-refractivity contribution is 5.85. The van der Waals surface area contributed by atoms with Crippen LogP contribution < -0.4 is 5.32 Å². The van der Waals surface area contributed by atoms with E-state index in [0.29, 0.717) is 23.4 Å². The average Bonchev–Trinajstić information content (AvgIpc) is 3.21. The maximum atomic E-state index is 13.7. The molecule has 5 aliphatic carbocycles. The molecule has 7 unspecified atom stereocenters. The molecule has 2 aliphatic heterocycles. The number of nitrogens with zero attached hydrogens (tertiary/aromatic N) is 1. The van der Waals surface area contributed by atoms with E-state index >= 15 is 0 Å². The molecular formula is C24H30N2O. The molecule has 142 valence electrons. The highest BCUT2D eigenvalue weighted by atomic mass is 16.2. The molecule has 27 heavy (non-hydrogen) atoms. The lowest BCUT2D eigenvalue weighted by atomic mass is 9.63. The van der Waals surface area contributed by atoms with E-state index in [1.807, 2.05) is 0 Å². The van der Waals surface area contributed by atoms with Crippen molar-refractivity contribution in [3.8, 4) is 0 Å². The second-order valence-electron chi connectivity index (χ2n) is 11.0. The minimum Gasteiger partial charge on any atom is -0.350 e. The van der Waals surface area contributed by atoms with Gasteiger partial charge in [0.1, 0.15) is 0 Å². The molecule has 8 rings (SSSR count). The van der Waals surface area contributed by atoms with Gasteiger partial charge >= 0.3 is 0 Å². The van der Waals surface area contributed by atoms with Crippen molar-refractivity contribution in [2.75, 3.05) is 13.1 Å². The van der Waals surface area contributed by atoms with Gasteiger partial charge in [-0.05, 0) is 87.1 Å². The van der Waals surface area contributed by atoms with Crippen LogP contribution in [0.4, 0.5) is 0 Å². The summed E-state index contributed by atoms with van der Waals surface area (Å²) in [6.07, 6.45) is 8.80. The van der Waals surface area contributed by atoms with Gasteiger partial charge < -0.3 is 5.32 Å². The highest BCUT2D eigenvalue weighted by Crippen LogP contribution is 2.71. The van der Waals surface area contributed by atoms with Crippen molar-refractivity contribution in [2.45, 2.75) is 68.9 Å². The van der Waals surface area contributed by atoms with Crippen LogP contribution in [0.1, 0.15) is 56.1 Å². The van der Waals surface area contributed by atoms with Crippen LogP contribution in [0.2, 0.25) is 0 Å². The number of carbonyl (C=O) groups excluding carboxylic acids is 1. The van der Waals surface area contributed by atoms with Crippen LogP contribution in [-0.4, -0.2) is 35.5 Å². The largest absolute Gasteiger partial charge is 0.350 e. The number of piperidine rings is 1. The monoisotopic (exact) mass is 362 g/mol. The Balaban J connectivity index is 1.18. The van der Waals surface area contributed by atoms with E-state index in [1.165, 1.54) is 49.8 Å². The third-order valence-electron chi connectivity index (χ3n) is 9.91. The van der Waals surface area contributed by atoms with Gasteiger partial charge in [0.25, 0.3) is 0 Å². The molecule has 0 radical (unpaired) electrons.